The third kappa shape index (κ3) is 6.04. The molecule has 11 heteroatoms. The number of fused-ring (bicyclic) bond motifs is 1. The summed E-state index contributed by atoms with van der Waals surface area (Å²) in [5.74, 6) is -1.50. The predicted octanol–water partition coefficient (Wildman–Crippen LogP) is 3.97. The maximum atomic E-state index is 14.6. The number of pyridine rings is 1. The van der Waals surface area contributed by atoms with Crippen molar-refractivity contribution in [3.63, 3.8) is 0 Å². The van der Waals surface area contributed by atoms with E-state index in [1.165, 1.54) is 23.0 Å². The van der Waals surface area contributed by atoms with Crippen molar-refractivity contribution in [2.24, 2.45) is 0 Å². The summed E-state index contributed by atoms with van der Waals surface area (Å²) in [7, 11) is 2.01. The minimum Gasteiger partial charge on any atom is -0.389 e. The Hall–Kier alpha value is -3.18. The summed E-state index contributed by atoms with van der Waals surface area (Å²) in [4.78, 5) is 21.8. The lowest BCUT2D eigenvalue weighted by atomic mass is 10.0. The van der Waals surface area contributed by atoms with Crippen LogP contribution in [0.25, 0.3) is 5.65 Å². The smallest absolute Gasteiger partial charge is 0.266 e. The van der Waals surface area contributed by atoms with E-state index in [2.05, 4.69) is 25.2 Å². The van der Waals surface area contributed by atoms with Crippen molar-refractivity contribution in [3.05, 3.63) is 59.3 Å². The topological polar surface area (TPSA) is 86.0 Å². The number of nitrogens with one attached hydrogen (secondary N) is 1. The van der Waals surface area contributed by atoms with Crippen molar-refractivity contribution in [1.82, 2.24) is 24.8 Å². The number of likely N-dealkylation sites (N-methyl/N-ethyl adjacent to an activating group) is 1. The van der Waals surface area contributed by atoms with Crippen molar-refractivity contribution in [3.8, 4) is 0 Å². The van der Waals surface area contributed by atoms with E-state index < -0.39 is 35.4 Å². The zero-order valence-electron chi connectivity index (χ0n) is 21.5. The van der Waals surface area contributed by atoms with Gasteiger partial charge in [0.15, 0.2) is 5.65 Å². The van der Waals surface area contributed by atoms with Gasteiger partial charge < -0.3 is 20.2 Å². The number of aliphatic hydroxyl groups is 1. The third-order valence-electron chi connectivity index (χ3n) is 6.79. The number of piperidine rings is 1. The lowest BCUT2D eigenvalue weighted by molar-refractivity contribution is 0.0275. The fraction of sp³-hybridized carbons (Fsp3) is 0.500. The maximum absolute atomic E-state index is 14.6. The number of hydrogen-bond donors (Lipinski definition) is 2. The highest BCUT2D eigenvalue weighted by atomic mass is 19.3. The molecule has 0 bridgehead atoms. The van der Waals surface area contributed by atoms with Crippen LogP contribution in [-0.4, -0.2) is 68.8 Å². The molecule has 0 radical (unpaired) electrons. The summed E-state index contributed by atoms with van der Waals surface area (Å²) in [6, 6.07) is 5.00. The number of halogens is 3. The molecule has 37 heavy (non-hydrogen) atoms. The Morgan fingerprint density at radius 1 is 1.27 bits per heavy atom. The highest BCUT2D eigenvalue weighted by Gasteiger charge is 2.28. The number of rotatable bonds is 8. The zero-order chi connectivity index (χ0) is 26.9. The van der Waals surface area contributed by atoms with E-state index in [1.54, 1.807) is 33.0 Å². The average molecular weight is 519 g/mol. The van der Waals surface area contributed by atoms with Gasteiger partial charge in [-0.15, -0.1) is 0 Å². The van der Waals surface area contributed by atoms with Gasteiger partial charge in [-0.2, -0.15) is 5.10 Å². The Labute approximate surface area is 214 Å². The Morgan fingerprint density at radius 2 is 1.95 bits per heavy atom. The minimum absolute atomic E-state index is 0.00884. The van der Waals surface area contributed by atoms with Gasteiger partial charge in [-0.3, -0.25) is 4.79 Å². The highest BCUT2D eigenvalue weighted by Crippen LogP contribution is 2.29. The molecule has 1 fully saturated rings. The van der Waals surface area contributed by atoms with Crippen LogP contribution in [0.1, 0.15) is 67.6 Å². The van der Waals surface area contributed by atoms with Gasteiger partial charge in [0.2, 0.25) is 0 Å². The first-order valence-corrected chi connectivity index (χ1v) is 12.3. The van der Waals surface area contributed by atoms with Crippen LogP contribution in [0.2, 0.25) is 0 Å². The van der Waals surface area contributed by atoms with E-state index in [4.69, 9.17) is 0 Å². The predicted molar refractivity (Wildman–Crippen MR) is 134 cm³/mol. The largest absolute Gasteiger partial charge is 0.389 e. The number of alkyl halides is 2. The third-order valence-corrected chi connectivity index (χ3v) is 6.79. The number of amides is 1. The molecule has 2 N–H and O–H groups in total. The Bertz CT molecular complexity index is 1250. The van der Waals surface area contributed by atoms with E-state index >= 15 is 0 Å². The number of carbonyl (C=O) groups excluding carboxylic acids is 1. The zero-order valence-corrected chi connectivity index (χ0v) is 21.5. The van der Waals surface area contributed by atoms with Gasteiger partial charge in [0, 0.05) is 37.4 Å². The van der Waals surface area contributed by atoms with E-state index in [0.717, 1.165) is 37.7 Å². The molecule has 0 unspecified atom stereocenters. The monoisotopic (exact) mass is 518 g/mol. The molecule has 1 aliphatic heterocycles. The van der Waals surface area contributed by atoms with E-state index in [0.29, 0.717) is 23.8 Å². The van der Waals surface area contributed by atoms with Crippen LogP contribution in [0.3, 0.4) is 0 Å². The first kappa shape index (κ1) is 26.9. The molecule has 3 heterocycles. The molecule has 8 nitrogen and oxygen atoms in total. The quantitative estimate of drug-likeness (QED) is 0.470. The summed E-state index contributed by atoms with van der Waals surface area (Å²) < 4.78 is 42.4. The molecular formula is C26H33F3N6O2. The molecule has 1 aromatic carbocycles. The number of benzene rings is 1. The van der Waals surface area contributed by atoms with Crippen molar-refractivity contribution in [2.75, 3.05) is 31.6 Å². The van der Waals surface area contributed by atoms with Gasteiger partial charge in [0.1, 0.15) is 12.1 Å². The van der Waals surface area contributed by atoms with Crippen molar-refractivity contribution in [2.45, 2.75) is 57.7 Å². The van der Waals surface area contributed by atoms with Gasteiger partial charge in [0.25, 0.3) is 12.3 Å². The van der Waals surface area contributed by atoms with Crippen LogP contribution < -0.4 is 10.2 Å². The van der Waals surface area contributed by atoms with Crippen molar-refractivity contribution < 1.29 is 23.1 Å². The Balaban J connectivity index is 1.52. The van der Waals surface area contributed by atoms with E-state index in [9.17, 15) is 23.1 Å². The molecule has 0 spiro atoms. The van der Waals surface area contributed by atoms with Crippen LogP contribution >= 0.6 is 0 Å². The number of anilines is 1. The fourth-order valence-electron chi connectivity index (χ4n) is 4.98. The molecule has 200 valence electrons. The number of aromatic nitrogens is 3. The Morgan fingerprint density at radius 3 is 2.59 bits per heavy atom. The minimum atomic E-state index is -2.95. The molecule has 4 rings (SSSR count). The van der Waals surface area contributed by atoms with Gasteiger partial charge in [0.05, 0.1) is 28.5 Å². The average Bonchev–Trinajstić information content (AvgIpc) is 3.31. The first-order valence-electron chi connectivity index (χ1n) is 12.3. The second-order valence-corrected chi connectivity index (χ2v) is 10.3. The number of carbonyl (C=O) groups is 1. The molecule has 1 aliphatic rings. The molecule has 1 amide bonds. The first-order chi connectivity index (χ1) is 17.4. The molecule has 0 aliphatic carbocycles. The van der Waals surface area contributed by atoms with E-state index in [-0.39, 0.29) is 5.56 Å². The van der Waals surface area contributed by atoms with Crippen LogP contribution in [-0.2, 0) is 0 Å². The lowest BCUT2D eigenvalue weighted by Crippen LogP contribution is -2.47. The lowest BCUT2D eigenvalue weighted by Gasteiger charge is -2.39. The number of hydrogen-bond acceptors (Lipinski definition) is 6. The van der Waals surface area contributed by atoms with Crippen LogP contribution in [0, 0.1) is 5.82 Å². The molecular weight excluding hydrogens is 485 g/mol. The summed E-state index contributed by atoms with van der Waals surface area (Å²) in [5, 5.41) is 17.1. The second kappa shape index (κ2) is 10.7. The fourth-order valence-corrected chi connectivity index (χ4v) is 4.98. The van der Waals surface area contributed by atoms with Crippen LogP contribution in [0.5, 0.6) is 0 Å². The summed E-state index contributed by atoms with van der Waals surface area (Å²) >= 11 is 0. The Kier molecular flexibility index (Phi) is 7.75. The van der Waals surface area contributed by atoms with Crippen LogP contribution in [0.4, 0.5) is 18.9 Å². The van der Waals surface area contributed by atoms with Gasteiger partial charge >= 0.3 is 0 Å². The normalized spacial score (nSPS) is 16.1. The summed E-state index contributed by atoms with van der Waals surface area (Å²) in [5.41, 5.74) is 0.191. The van der Waals surface area contributed by atoms with Crippen molar-refractivity contribution >= 4 is 17.2 Å². The standard InChI is InChI=1S/C26H33F3N6O2/c1-16(19-6-5-7-20(22(19)27)23(28)29)32-25(36)17-12-21(24-30-15-31-35(24)13-17)34-10-8-18(9-11-34)33(4)14-26(2,3)37/h5-7,12-13,15-16,18,23,37H,8-11,14H2,1-4H3,(H,32,36)/t16-/m1/s1. The molecule has 1 saturated heterocycles. The van der Waals surface area contributed by atoms with Crippen molar-refractivity contribution in [1.29, 1.82) is 0 Å². The maximum Gasteiger partial charge on any atom is 0.266 e. The van der Waals surface area contributed by atoms with Crippen LogP contribution in [0.15, 0.2) is 36.8 Å². The molecule has 3 aromatic rings. The molecule has 2 aromatic heterocycles. The molecule has 0 saturated carbocycles. The second-order valence-electron chi connectivity index (χ2n) is 10.3. The summed E-state index contributed by atoms with van der Waals surface area (Å²) in [6.45, 7) is 7.17. The number of nitrogens with zero attached hydrogens (tertiary/aromatic N) is 5. The SMILES string of the molecule is C[C@@H](NC(=O)c1cc(N2CCC(N(C)CC(C)(C)O)CC2)c2ncnn2c1)c1cccc(C(F)F)c1F. The van der Waals surface area contributed by atoms with Gasteiger partial charge in [-0.05, 0) is 46.7 Å². The van der Waals surface area contributed by atoms with Gasteiger partial charge in [-0.1, -0.05) is 18.2 Å². The highest BCUT2D eigenvalue weighted by molar-refractivity contribution is 5.96. The summed E-state index contributed by atoms with van der Waals surface area (Å²) in [6.07, 6.45) is 1.77. The molecule has 1 atom stereocenters. The van der Waals surface area contributed by atoms with Gasteiger partial charge in [-0.25, -0.2) is 22.7 Å². The van der Waals surface area contributed by atoms with E-state index in [1.807, 2.05) is 7.05 Å².